The maximum absolute atomic E-state index is 6.03. The van der Waals surface area contributed by atoms with Crippen molar-refractivity contribution in [2.45, 2.75) is 0 Å². The first-order valence-electron chi connectivity index (χ1n) is 5.26. The molecular weight excluding hydrogens is 316 g/mol. The van der Waals surface area contributed by atoms with Gasteiger partial charge in [0.25, 0.3) is 0 Å². The first-order valence-corrected chi connectivity index (χ1v) is 6.43. The molecule has 0 aliphatic heterocycles. The van der Waals surface area contributed by atoms with Gasteiger partial charge in [-0.05, 0) is 40.2 Å². The number of nitrogen functional groups attached to an aromatic ring is 1. The smallest absolute Gasteiger partial charge is 0.121 e. The van der Waals surface area contributed by atoms with E-state index < -0.39 is 0 Å². The van der Waals surface area contributed by atoms with E-state index in [9.17, 15) is 0 Å². The maximum Gasteiger partial charge on any atom is 0.121 e. The molecule has 18 heavy (non-hydrogen) atoms. The van der Waals surface area contributed by atoms with Crippen LogP contribution >= 0.6 is 27.5 Å². The van der Waals surface area contributed by atoms with Crippen molar-refractivity contribution in [2.75, 3.05) is 18.2 Å². The average Bonchev–Trinajstić information content (AvgIpc) is 2.37. The molecular formula is C13H12BrClN2O. The van der Waals surface area contributed by atoms with Gasteiger partial charge in [0.2, 0.25) is 0 Å². The van der Waals surface area contributed by atoms with Crippen molar-refractivity contribution < 1.29 is 4.74 Å². The Labute approximate surface area is 119 Å². The highest BCUT2D eigenvalue weighted by Gasteiger charge is 2.06. The molecule has 3 N–H and O–H groups in total. The molecule has 0 bridgehead atoms. The van der Waals surface area contributed by atoms with Crippen LogP contribution in [0.1, 0.15) is 0 Å². The second kappa shape index (κ2) is 5.50. The van der Waals surface area contributed by atoms with Crippen molar-refractivity contribution in [1.29, 1.82) is 0 Å². The monoisotopic (exact) mass is 326 g/mol. The molecule has 2 aromatic carbocycles. The summed E-state index contributed by atoms with van der Waals surface area (Å²) < 4.78 is 5.91. The highest BCUT2D eigenvalue weighted by atomic mass is 79.9. The van der Waals surface area contributed by atoms with Crippen molar-refractivity contribution in [2.24, 2.45) is 0 Å². The minimum atomic E-state index is 0.612. The molecule has 0 heterocycles. The summed E-state index contributed by atoms with van der Waals surface area (Å²) in [7, 11) is 1.61. The summed E-state index contributed by atoms with van der Waals surface area (Å²) in [6, 6.07) is 11.1. The van der Waals surface area contributed by atoms with Crippen LogP contribution in [0.4, 0.5) is 17.1 Å². The van der Waals surface area contributed by atoms with Gasteiger partial charge in [-0.2, -0.15) is 0 Å². The number of anilines is 3. The molecule has 0 saturated heterocycles. The van der Waals surface area contributed by atoms with Gasteiger partial charge in [0.05, 0.1) is 33.7 Å². The topological polar surface area (TPSA) is 47.3 Å². The molecule has 0 radical (unpaired) electrons. The molecule has 5 heteroatoms. The molecule has 0 aromatic heterocycles. The molecule has 0 aliphatic carbocycles. The lowest BCUT2D eigenvalue weighted by atomic mass is 10.2. The fraction of sp³-hybridized carbons (Fsp3) is 0.0769. The fourth-order valence-corrected chi connectivity index (χ4v) is 2.07. The Hall–Kier alpha value is -1.39. The highest BCUT2D eigenvalue weighted by molar-refractivity contribution is 9.10. The van der Waals surface area contributed by atoms with Crippen LogP contribution in [0.25, 0.3) is 0 Å². The highest BCUT2D eigenvalue weighted by Crippen LogP contribution is 2.34. The summed E-state index contributed by atoms with van der Waals surface area (Å²) in [5.41, 5.74) is 8.22. The first-order chi connectivity index (χ1) is 8.61. The van der Waals surface area contributed by atoms with E-state index in [1.54, 1.807) is 13.2 Å². The third-order valence-electron chi connectivity index (χ3n) is 2.48. The molecule has 3 nitrogen and oxygen atoms in total. The summed E-state index contributed by atoms with van der Waals surface area (Å²) in [4.78, 5) is 0. The Kier molecular flexibility index (Phi) is 3.99. The van der Waals surface area contributed by atoms with E-state index in [0.717, 1.165) is 21.6 Å². The predicted octanol–water partition coefficient (Wildman–Crippen LogP) is 4.44. The summed E-state index contributed by atoms with van der Waals surface area (Å²) in [5, 5.41) is 3.87. The van der Waals surface area contributed by atoms with E-state index in [4.69, 9.17) is 22.1 Å². The molecule has 0 aliphatic rings. The molecule has 2 aromatic rings. The molecule has 0 amide bonds. The number of ether oxygens (including phenoxy) is 1. The lowest BCUT2D eigenvalue weighted by Crippen LogP contribution is -1.97. The zero-order valence-electron chi connectivity index (χ0n) is 9.71. The van der Waals surface area contributed by atoms with Gasteiger partial charge in [0, 0.05) is 6.07 Å². The number of nitrogens with two attached hydrogens (primary N) is 1. The Morgan fingerprint density at radius 2 is 2.00 bits per heavy atom. The van der Waals surface area contributed by atoms with Crippen LogP contribution in [-0.2, 0) is 0 Å². The number of hydrogen-bond donors (Lipinski definition) is 2. The van der Waals surface area contributed by atoms with Gasteiger partial charge in [-0.3, -0.25) is 0 Å². The molecule has 0 spiro atoms. The first kappa shape index (κ1) is 13.1. The third-order valence-corrected chi connectivity index (χ3v) is 3.88. The van der Waals surface area contributed by atoms with Crippen LogP contribution < -0.4 is 15.8 Å². The summed E-state index contributed by atoms with van der Waals surface area (Å²) in [6.07, 6.45) is 0. The number of methoxy groups -OCH3 is 1. The minimum absolute atomic E-state index is 0.612. The van der Waals surface area contributed by atoms with E-state index >= 15 is 0 Å². The van der Waals surface area contributed by atoms with Gasteiger partial charge in [-0.1, -0.05) is 17.7 Å². The SMILES string of the molecule is COc1ccc(Nc2cccc(Cl)c2Br)c(N)c1. The number of hydrogen-bond acceptors (Lipinski definition) is 3. The zero-order chi connectivity index (χ0) is 13.1. The van der Waals surface area contributed by atoms with Crippen LogP contribution in [0.3, 0.4) is 0 Å². The number of nitrogens with one attached hydrogen (secondary N) is 1. The molecule has 0 saturated carbocycles. The van der Waals surface area contributed by atoms with E-state index in [1.807, 2.05) is 30.3 Å². The predicted molar refractivity (Wildman–Crippen MR) is 79.8 cm³/mol. The number of benzene rings is 2. The Bertz CT molecular complexity index is 575. The number of halogens is 2. The van der Waals surface area contributed by atoms with E-state index in [-0.39, 0.29) is 0 Å². The average molecular weight is 328 g/mol. The van der Waals surface area contributed by atoms with Gasteiger partial charge in [-0.15, -0.1) is 0 Å². The normalized spacial score (nSPS) is 10.2. The fourth-order valence-electron chi connectivity index (χ4n) is 1.53. The van der Waals surface area contributed by atoms with Crippen LogP contribution in [0.5, 0.6) is 5.75 Å². The second-order valence-corrected chi connectivity index (χ2v) is 4.88. The van der Waals surface area contributed by atoms with Gasteiger partial charge in [-0.25, -0.2) is 0 Å². The molecule has 94 valence electrons. The summed E-state index contributed by atoms with van der Waals surface area (Å²) in [6.45, 7) is 0. The molecule has 0 atom stereocenters. The standard InChI is InChI=1S/C13H12BrClN2O/c1-18-8-5-6-11(10(16)7-8)17-12-4-2-3-9(15)13(12)14/h2-7,17H,16H2,1H3. The van der Waals surface area contributed by atoms with E-state index in [0.29, 0.717) is 10.7 Å². The van der Waals surface area contributed by atoms with Crippen LogP contribution in [0.2, 0.25) is 5.02 Å². The molecule has 0 unspecified atom stereocenters. The van der Waals surface area contributed by atoms with Gasteiger partial charge >= 0.3 is 0 Å². The third kappa shape index (κ3) is 2.71. The van der Waals surface area contributed by atoms with Crippen molar-refractivity contribution in [3.8, 4) is 5.75 Å². The van der Waals surface area contributed by atoms with Crippen molar-refractivity contribution in [3.63, 3.8) is 0 Å². The van der Waals surface area contributed by atoms with Gasteiger partial charge < -0.3 is 15.8 Å². The molecule has 0 fully saturated rings. The summed E-state index contributed by atoms with van der Waals surface area (Å²) >= 11 is 9.46. The quantitative estimate of drug-likeness (QED) is 0.819. The molecule has 2 rings (SSSR count). The van der Waals surface area contributed by atoms with Crippen LogP contribution in [0.15, 0.2) is 40.9 Å². The van der Waals surface area contributed by atoms with Crippen molar-refractivity contribution in [3.05, 3.63) is 45.9 Å². The van der Waals surface area contributed by atoms with Crippen molar-refractivity contribution >= 4 is 44.6 Å². The van der Waals surface area contributed by atoms with Gasteiger partial charge in [0.1, 0.15) is 5.75 Å². The van der Waals surface area contributed by atoms with E-state index in [1.165, 1.54) is 0 Å². The Morgan fingerprint density at radius 3 is 2.67 bits per heavy atom. The lowest BCUT2D eigenvalue weighted by molar-refractivity contribution is 0.415. The Balaban J connectivity index is 2.31. The van der Waals surface area contributed by atoms with Crippen LogP contribution in [0, 0.1) is 0 Å². The number of rotatable bonds is 3. The largest absolute Gasteiger partial charge is 0.497 e. The van der Waals surface area contributed by atoms with Gasteiger partial charge in [0.15, 0.2) is 0 Å². The Morgan fingerprint density at radius 1 is 1.22 bits per heavy atom. The van der Waals surface area contributed by atoms with Crippen molar-refractivity contribution in [1.82, 2.24) is 0 Å². The van der Waals surface area contributed by atoms with Crippen LogP contribution in [-0.4, -0.2) is 7.11 Å². The van der Waals surface area contributed by atoms with E-state index in [2.05, 4.69) is 21.2 Å². The summed E-state index contributed by atoms with van der Waals surface area (Å²) in [5.74, 6) is 0.725. The zero-order valence-corrected chi connectivity index (χ0v) is 12.0. The lowest BCUT2D eigenvalue weighted by Gasteiger charge is -2.12. The minimum Gasteiger partial charge on any atom is -0.497 e. The second-order valence-electron chi connectivity index (χ2n) is 3.68. The maximum atomic E-state index is 6.03.